The maximum atomic E-state index is 13.8. The second-order valence-corrected chi connectivity index (χ2v) is 10.3. The van der Waals surface area contributed by atoms with Crippen LogP contribution in [0.3, 0.4) is 0 Å². The van der Waals surface area contributed by atoms with Crippen LogP contribution < -0.4 is 13.6 Å². The highest BCUT2D eigenvalue weighted by Crippen LogP contribution is 2.52. The number of hydrogen-bond acceptors (Lipinski definition) is 4. The molecule has 0 aliphatic carbocycles. The van der Waals surface area contributed by atoms with Crippen LogP contribution in [-0.4, -0.2) is 0 Å². The molecule has 0 saturated heterocycles. The number of phosphoric ester groups is 1. The van der Waals surface area contributed by atoms with Gasteiger partial charge >= 0.3 is 7.82 Å². The van der Waals surface area contributed by atoms with E-state index in [9.17, 15) is 4.57 Å². The zero-order valence-corrected chi connectivity index (χ0v) is 21.6. The average Bonchev–Trinajstić information content (AvgIpc) is 2.67. The van der Waals surface area contributed by atoms with Gasteiger partial charge in [0.05, 0.1) is 0 Å². The second-order valence-electron chi connectivity index (χ2n) is 6.31. The third-order valence-electron chi connectivity index (χ3n) is 4.28. The molecule has 0 amide bonds. The molecule has 3 aromatic carbocycles. The van der Waals surface area contributed by atoms with Gasteiger partial charge in [0.1, 0.15) is 17.2 Å². The third kappa shape index (κ3) is 5.26. The largest absolute Gasteiger partial charge is 0.647 e. The van der Waals surface area contributed by atoms with Gasteiger partial charge in [0.2, 0.25) is 0 Å². The topological polar surface area (TPSA) is 44.8 Å². The van der Waals surface area contributed by atoms with E-state index in [2.05, 4.69) is 47.8 Å². The zero-order chi connectivity index (χ0) is 21.2. The normalized spacial score (nSPS) is 11.2. The van der Waals surface area contributed by atoms with Gasteiger partial charge in [-0.3, -0.25) is 0 Å². The number of phosphoric acid groups is 1. The molecule has 0 fully saturated rings. The Kier molecular flexibility index (Phi) is 7.15. The summed E-state index contributed by atoms with van der Waals surface area (Å²) in [6.07, 6.45) is 0. The van der Waals surface area contributed by atoms with E-state index >= 15 is 0 Å². The van der Waals surface area contributed by atoms with Crippen LogP contribution >= 0.6 is 55.6 Å². The van der Waals surface area contributed by atoms with Crippen LogP contribution in [0.4, 0.5) is 0 Å². The van der Waals surface area contributed by atoms with Crippen molar-refractivity contribution in [3.63, 3.8) is 0 Å². The molecule has 3 rings (SSSR count). The highest BCUT2D eigenvalue weighted by Gasteiger charge is 2.35. The molecule has 0 heterocycles. The summed E-state index contributed by atoms with van der Waals surface area (Å²) in [5.41, 5.74) is 2.37. The van der Waals surface area contributed by atoms with Crippen molar-refractivity contribution in [3.8, 4) is 17.2 Å². The molecule has 0 aliphatic rings. The molecular weight excluding hydrogens is 587 g/mol. The lowest BCUT2D eigenvalue weighted by atomic mass is 10.2. The Morgan fingerprint density at radius 3 is 1.14 bits per heavy atom. The van der Waals surface area contributed by atoms with Gasteiger partial charge in [0.25, 0.3) is 0 Å². The van der Waals surface area contributed by atoms with E-state index < -0.39 is 7.82 Å². The van der Waals surface area contributed by atoms with Crippen LogP contribution in [0.1, 0.15) is 16.7 Å². The minimum Gasteiger partial charge on any atom is -0.386 e. The Balaban J connectivity index is 2.04. The maximum Gasteiger partial charge on any atom is 0.647 e. The summed E-state index contributed by atoms with van der Waals surface area (Å²) in [6, 6.07) is 16.2. The second kappa shape index (κ2) is 9.25. The molecular formula is C21H18Br3O4P. The predicted molar refractivity (Wildman–Crippen MR) is 126 cm³/mol. The van der Waals surface area contributed by atoms with Gasteiger partial charge in [0.15, 0.2) is 0 Å². The predicted octanol–water partition coefficient (Wildman–Crippen LogP) is 8.54. The average molecular weight is 605 g/mol. The van der Waals surface area contributed by atoms with Gasteiger partial charge in [-0.15, -0.1) is 0 Å². The van der Waals surface area contributed by atoms with Crippen LogP contribution in [0, 0.1) is 20.8 Å². The van der Waals surface area contributed by atoms with Crippen LogP contribution in [0.15, 0.2) is 68.0 Å². The molecule has 0 saturated carbocycles. The van der Waals surface area contributed by atoms with Crippen molar-refractivity contribution >= 4 is 55.6 Å². The van der Waals surface area contributed by atoms with Crippen molar-refractivity contribution in [2.24, 2.45) is 0 Å². The standard InChI is InChI=1S/C21H18Br3O4P/c1-13-16(22)7-4-10-19(13)26-29(25,27-20-11-5-8-17(23)14(20)2)28-21-12-6-9-18(24)15(21)3/h4-12H,1-3H3. The van der Waals surface area contributed by atoms with Gasteiger partial charge in [-0.1, -0.05) is 66.0 Å². The molecule has 0 spiro atoms. The summed E-state index contributed by atoms with van der Waals surface area (Å²) in [5, 5.41) is 0. The summed E-state index contributed by atoms with van der Waals surface area (Å²) in [4.78, 5) is 0. The molecule has 0 bridgehead atoms. The van der Waals surface area contributed by atoms with Crippen molar-refractivity contribution in [1.29, 1.82) is 0 Å². The lowest BCUT2D eigenvalue weighted by Gasteiger charge is -2.22. The fourth-order valence-corrected chi connectivity index (χ4v) is 4.95. The minimum atomic E-state index is -4.09. The summed E-state index contributed by atoms with van der Waals surface area (Å²) >= 11 is 10.4. The van der Waals surface area contributed by atoms with Crippen molar-refractivity contribution in [1.82, 2.24) is 0 Å². The molecule has 0 atom stereocenters. The Morgan fingerprint density at radius 1 is 0.586 bits per heavy atom. The molecule has 0 unspecified atom stereocenters. The lowest BCUT2D eigenvalue weighted by molar-refractivity contribution is 0.296. The molecule has 29 heavy (non-hydrogen) atoms. The first kappa shape index (κ1) is 22.4. The molecule has 4 nitrogen and oxygen atoms in total. The van der Waals surface area contributed by atoms with Crippen molar-refractivity contribution in [3.05, 3.63) is 84.7 Å². The fourth-order valence-electron chi connectivity index (χ4n) is 2.48. The van der Waals surface area contributed by atoms with Gasteiger partial charge in [-0.25, -0.2) is 0 Å². The van der Waals surface area contributed by atoms with Crippen molar-refractivity contribution in [2.45, 2.75) is 20.8 Å². The van der Waals surface area contributed by atoms with Crippen molar-refractivity contribution in [2.75, 3.05) is 0 Å². The zero-order valence-electron chi connectivity index (χ0n) is 15.9. The van der Waals surface area contributed by atoms with E-state index in [0.29, 0.717) is 17.2 Å². The SMILES string of the molecule is Cc1c(Br)cccc1OP(=O)(Oc1cccc(Br)c1C)Oc1cccc(Br)c1C. The van der Waals surface area contributed by atoms with E-state index in [1.54, 1.807) is 36.4 Å². The first-order valence-corrected chi connectivity index (χ1v) is 12.5. The van der Waals surface area contributed by atoms with Gasteiger partial charge in [-0.05, 0) is 57.2 Å². The summed E-state index contributed by atoms with van der Waals surface area (Å²) < 4.78 is 33.9. The molecule has 152 valence electrons. The number of benzene rings is 3. The third-order valence-corrected chi connectivity index (χ3v) is 8.12. The lowest BCUT2D eigenvalue weighted by Crippen LogP contribution is -2.09. The van der Waals surface area contributed by atoms with Gasteiger partial charge < -0.3 is 13.6 Å². The van der Waals surface area contributed by atoms with Gasteiger partial charge in [-0.2, -0.15) is 4.57 Å². The Hall–Kier alpha value is -1.27. The van der Waals surface area contributed by atoms with Crippen LogP contribution in [-0.2, 0) is 4.57 Å². The van der Waals surface area contributed by atoms with E-state index in [0.717, 1.165) is 30.1 Å². The fraction of sp³-hybridized carbons (Fsp3) is 0.143. The van der Waals surface area contributed by atoms with Crippen LogP contribution in [0.2, 0.25) is 0 Å². The number of halogens is 3. The van der Waals surface area contributed by atoms with Crippen molar-refractivity contribution < 1.29 is 18.1 Å². The Labute approximate surface area is 195 Å². The van der Waals surface area contributed by atoms with Crippen LogP contribution in [0.5, 0.6) is 17.2 Å². The van der Waals surface area contributed by atoms with Crippen LogP contribution in [0.25, 0.3) is 0 Å². The highest BCUT2D eigenvalue weighted by molar-refractivity contribution is 9.11. The first-order valence-electron chi connectivity index (χ1n) is 8.64. The van der Waals surface area contributed by atoms with E-state index in [1.165, 1.54) is 0 Å². The smallest absolute Gasteiger partial charge is 0.386 e. The summed E-state index contributed by atoms with van der Waals surface area (Å²) in [6.45, 7) is 5.58. The summed E-state index contributed by atoms with van der Waals surface area (Å²) in [5.74, 6) is 1.22. The maximum absolute atomic E-state index is 13.8. The highest BCUT2D eigenvalue weighted by atomic mass is 79.9. The molecule has 8 heteroatoms. The molecule has 0 aliphatic heterocycles. The van der Waals surface area contributed by atoms with E-state index in [1.807, 2.05) is 39.0 Å². The quantitative estimate of drug-likeness (QED) is 0.265. The monoisotopic (exact) mass is 602 g/mol. The first-order chi connectivity index (χ1) is 13.7. The van der Waals surface area contributed by atoms with Gasteiger partial charge in [0, 0.05) is 30.1 Å². The summed E-state index contributed by atoms with van der Waals surface area (Å²) in [7, 11) is -4.09. The van der Waals surface area contributed by atoms with E-state index in [-0.39, 0.29) is 0 Å². The number of hydrogen-bond donors (Lipinski definition) is 0. The number of rotatable bonds is 6. The molecule has 3 aromatic rings. The Bertz CT molecular complexity index is 965. The molecule has 0 radical (unpaired) electrons. The minimum absolute atomic E-state index is 0.406. The molecule has 0 aromatic heterocycles. The Morgan fingerprint density at radius 2 is 0.862 bits per heavy atom. The van der Waals surface area contributed by atoms with E-state index in [4.69, 9.17) is 13.6 Å². The molecule has 0 N–H and O–H groups in total.